The van der Waals surface area contributed by atoms with Crippen molar-refractivity contribution in [3.8, 4) is 6.07 Å². The van der Waals surface area contributed by atoms with Crippen LogP contribution in [0.4, 0.5) is 0 Å². The Balaban J connectivity index is 1.58. The lowest BCUT2D eigenvalue weighted by Crippen LogP contribution is -2.49. The Morgan fingerprint density at radius 2 is 2.05 bits per heavy atom. The molecule has 5 heteroatoms. The highest BCUT2D eigenvalue weighted by molar-refractivity contribution is 5.77. The molecule has 1 fully saturated rings. The van der Waals surface area contributed by atoms with Gasteiger partial charge < -0.3 is 9.64 Å². The molecule has 1 saturated heterocycles. The smallest absolute Gasteiger partial charge is 0.225 e. The van der Waals surface area contributed by atoms with E-state index in [0.717, 1.165) is 25.1 Å². The summed E-state index contributed by atoms with van der Waals surface area (Å²) in [6, 6.07) is 10.4. The van der Waals surface area contributed by atoms with Crippen molar-refractivity contribution in [1.82, 2.24) is 9.80 Å². The van der Waals surface area contributed by atoms with Gasteiger partial charge in [-0.1, -0.05) is 24.3 Å². The Morgan fingerprint density at radius 1 is 1.27 bits per heavy atom. The third kappa shape index (κ3) is 3.29. The van der Waals surface area contributed by atoms with Crippen LogP contribution in [0.15, 0.2) is 24.3 Å². The summed E-state index contributed by atoms with van der Waals surface area (Å²) >= 11 is 0. The lowest BCUT2D eigenvalue weighted by molar-refractivity contribution is -0.136. The van der Waals surface area contributed by atoms with E-state index < -0.39 is 0 Å². The molecule has 0 aromatic heterocycles. The number of rotatable bonds is 3. The third-order valence-corrected chi connectivity index (χ3v) is 4.47. The standard InChI is InChI=1S/C17H21N3O2/c18-6-7-19-8-10-20(11-9-19)17(21)13-16-15-4-2-1-3-14(15)5-12-22-16/h1-4,16H,5,7-13H2. The number of ether oxygens (including phenoxy) is 1. The van der Waals surface area contributed by atoms with Gasteiger partial charge >= 0.3 is 0 Å². The molecule has 1 aromatic rings. The Hall–Kier alpha value is -1.90. The van der Waals surface area contributed by atoms with E-state index in [-0.39, 0.29) is 12.0 Å². The van der Waals surface area contributed by atoms with Gasteiger partial charge in [0.15, 0.2) is 0 Å². The zero-order valence-electron chi connectivity index (χ0n) is 12.7. The van der Waals surface area contributed by atoms with Gasteiger partial charge in [0.05, 0.1) is 31.7 Å². The van der Waals surface area contributed by atoms with Gasteiger partial charge in [-0.05, 0) is 17.5 Å². The molecule has 1 amide bonds. The second-order valence-electron chi connectivity index (χ2n) is 5.83. The van der Waals surface area contributed by atoms with Crippen LogP contribution in [-0.2, 0) is 16.0 Å². The molecule has 2 aliphatic rings. The van der Waals surface area contributed by atoms with Crippen LogP contribution < -0.4 is 0 Å². The monoisotopic (exact) mass is 299 g/mol. The number of hydrogen-bond donors (Lipinski definition) is 0. The van der Waals surface area contributed by atoms with E-state index >= 15 is 0 Å². The minimum absolute atomic E-state index is 0.116. The SMILES string of the molecule is N#CCN1CCN(C(=O)CC2OCCc3ccccc32)CC1. The van der Waals surface area contributed by atoms with Gasteiger partial charge in [-0.2, -0.15) is 5.26 Å². The normalized spacial score (nSPS) is 22.0. The molecule has 116 valence electrons. The average Bonchev–Trinajstić information content (AvgIpc) is 2.56. The molecule has 1 atom stereocenters. The summed E-state index contributed by atoms with van der Waals surface area (Å²) in [4.78, 5) is 16.5. The van der Waals surface area contributed by atoms with Crippen LogP contribution in [0.3, 0.4) is 0 Å². The Labute approximate surface area is 131 Å². The van der Waals surface area contributed by atoms with Gasteiger partial charge in [0, 0.05) is 26.2 Å². The first-order valence-electron chi connectivity index (χ1n) is 7.84. The van der Waals surface area contributed by atoms with Crippen molar-refractivity contribution < 1.29 is 9.53 Å². The predicted octanol–water partition coefficient (Wildman–Crippen LogP) is 1.36. The summed E-state index contributed by atoms with van der Waals surface area (Å²) < 4.78 is 5.82. The molecule has 1 unspecified atom stereocenters. The number of fused-ring (bicyclic) bond motifs is 1. The molecule has 5 nitrogen and oxygen atoms in total. The van der Waals surface area contributed by atoms with Crippen LogP contribution in [-0.4, -0.2) is 55.0 Å². The number of hydrogen-bond acceptors (Lipinski definition) is 4. The summed E-state index contributed by atoms with van der Waals surface area (Å²) in [7, 11) is 0. The lowest BCUT2D eigenvalue weighted by Gasteiger charge is -2.34. The molecule has 3 rings (SSSR count). The van der Waals surface area contributed by atoms with Crippen LogP contribution in [0.25, 0.3) is 0 Å². The maximum Gasteiger partial charge on any atom is 0.225 e. The van der Waals surface area contributed by atoms with Gasteiger partial charge in [-0.25, -0.2) is 0 Å². The zero-order valence-corrected chi connectivity index (χ0v) is 12.7. The third-order valence-electron chi connectivity index (χ3n) is 4.47. The highest BCUT2D eigenvalue weighted by atomic mass is 16.5. The van der Waals surface area contributed by atoms with Crippen LogP contribution in [0.1, 0.15) is 23.7 Å². The number of piperazine rings is 1. The molecule has 0 N–H and O–H groups in total. The quantitative estimate of drug-likeness (QED) is 0.791. The maximum absolute atomic E-state index is 12.5. The van der Waals surface area contributed by atoms with Crippen molar-refractivity contribution in [1.29, 1.82) is 5.26 Å². The molecular weight excluding hydrogens is 278 g/mol. The van der Waals surface area contributed by atoms with Crippen LogP contribution in [0.2, 0.25) is 0 Å². The first-order chi connectivity index (χ1) is 10.8. The predicted molar refractivity (Wildman–Crippen MR) is 82.1 cm³/mol. The molecule has 1 aromatic carbocycles. The summed E-state index contributed by atoms with van der Waals surface area (Å²) in [6.45, 7) is 4.10. The van der Waals surface area contributed by atoms with Crippen molar-refractivity contribution in [2.24, 2.45) is 0 Å². The van der Waals surface area contributed by atoms with Crippen molar-refractivity contribution in [2.75, 3.05) is 39.3 Å². The molecule has 2 heterocycles. The minimum Gasteiger partial charge on any atom is -0.373 e. The van der Waals surface area contributed by atoms with Gasteiger partial charge in [0.1, 0.15) is 0 Å². The molecular formula is C17H21N3O2. The highest BCUT2D eigenvalue weighted by Gasteiger charge is 2.27. The average molecular weight is 299 g/mol. The molecule has 2 aliphatic heterocycles. The molecule has 0 spiro atoms. The van der Waals surface area contributed by atoms with Crippen molar-refractivity contribution in [2.45, 2.75) is 18.9 Å². The largest absolute Gasteiger partial charge is 0.373 e. The van der Waals surface area contributed by atoms with Gasteiger partial charge in [0.25, 0.3) is 0 Å². The van der Waals surface area contributed by atoms with E-state index in [9.17, 15) is 4.79 Å². The Kier molecular flexibility index (Phi) is 4.71. The number of amides is 1. The molecule has 22 heavy (non-hydrogen) atoms. The lowest BCUT2D eigenvalue weighted by atomic mass is 9.95. The van der Waals surface area contributed by atoms with Crippen LogP contribution in [0, 0.1) is 11.3 Å². The highest BCUT2D eigenvalue weighted by Crippen LogP contribution is 2.30. The summed E-state index contributed by atoms with van der Waals surface area (Å²) in [5.41, 5.74) is 2.45. The summed E-state index contributed by atoms with van der Waals surface area (Å²) in [6.07, 6.45) is 1.22. The van der Waals surface area contributed by atoms with Gasteiger partial charge in [-0.15, -0.1) is 0 Å². The zero-order chi connectivity index (χ0) is 15.4. The van der Waals surface area contributed by atoms with Crippen molar-refractivity contribution >= 4 is 5.91 Å². The number of carbonyl (C=O) groups is 1. The number of benzene rings is 1. The van der Waals surface area contributed by atoms with Crippen molar-refractivity contribution in [3.05, 3.63) is 35.4 Å². The summed E-state index contributed by atoms with van der Waals surface area (Å²) in [5.74, 6) is 0.151. The maximum atomic E-state index is 12.5. The van der Waals surface area contributed by atoms with E-state index in [4.69, 9.17) is 10.00 Å². The van der Waals surface area contributed by atoms with Crippen molar-refractivity contribution in [3.63, 3.8) is 0 Å². The minimum atomic E-state index is -0.116. The Morgan fingerprint density at radius 3 is 2.82 bits per heavy atom. The first kappa shape index (κ1) is 15.0. The van der Waals surface area contributed by atoms with E-state index in [1.165, 1.54) is 5.56 Å². The van der Waals surface area contributed by atoms with E-state index in [0.29, 0.717) is 32.7 Å². The first-order valence-corrected chi connectivity index (χ1v) is 7.84. The topological polar surface area (TPSA) is 56.6 Å². The van der Waals surface area contributed by atoms with Gasteiger partial charge in [-0.3, -0.25) is 9.69 Å². The molecule has 0 radical (unpaired) electrons. The van der Waals surface area contributed by atoms with Crippen LogP contribution >= 0.6 is 0 Å². The van der Waals surface area contributed by atoms with E-state index in [1.807, 2.05) is 17.0 Å². The number of carbonyl (C=O) groups excluding carboxylic acids is 1. The second kappa shape index (κ2) is 6.91. The fraction of sp³-hybridized carbons (Fsp3) is 0.529. The van der Waals surface area contributed by atoms with E-state index in [1.54, 1.807) is 0 Å². The molecule has 0 aliphatic carbocycles. The fourth-order valence-corrected chi connectivity index (χ4v) is 3.19. The summed E-state index contributed by atoms with van der Waals surface area (Å²) in [5, 5.41) is 8.71. The number of nitrogens with zero attached hydrogens (tertiary/aromatic N) is 3. The second-order valence-corrected chi connectivity index (χ2v) is 5.83. The number of nitriles is 1. The van der Waals surface area contributed by atoms with Gasteiger partial charge in [0.2, 0.25) is 5.91 Å². The van der Waals surface area contributed by atoms with Crippen LogP contribution in [0.5, 0.6) is 0 Å². The van der Waals surface area contributed by atoms with E-state index in [2.05, 4.69) is 23.1 Å². The fourth-order valence-electron chi connectivity index (χ4n) is 3.19. The Bertz CT molecular complexity index is 574. The molecule has 0 bridgehead atoms. The molecule has 0 saturated carbocycles.